The highest BCUT2D eigenvalue weighted by atomic mass is 32.1. The topological polar surface area (TPSA) is 91.4 Å². The van der Waals surface area contributed by atoms with E-state index in [1.807, 2.05) is 0 Å². The third kappa shape index (κ3) is 6.48. The number of carbonyl (C=O) groups is 3. The first-order valence-corrected chi connectivity index (χ1v) is 12.6. The molecule has 37 heavy (non-hydrogen) atoms. The zero-order valence-corrected chi connectivity index (χ0v) is 21.3. The molecule has 2 aromatic rings. The van der Waals surface area contributed by atoms with Crippen LogP contribution in [-0.2, 0) is 19.1 Å². The summed E-state index contributed by atoms with van der Waals surface area (Å²) in [7, 11) is 0. The van der Waals surface area contributed by atoms with E-state index in [0.29, 0.717) is 43.2 Å². The quantitative estimate of drug-likeness (QED) is 0.393. The number of hydrogen-bond donors (Lipinski definition) is 1. The van der Waals surface area contributed by atoms with E-state index in [2.05, 4.69) is 10.2 Å². The Labute approximate surface area is 220 Å². The largest absolute Gasteiger partial charge is 0.462 e. The molecule has 0 saturated carbocycles. The van der Waals surface area contributed by atoms with Crippen molar-refractivity contribution in [3.63, 3.8) is 0 Å². The van der Waals surface area contributed by atoms with Crippen LogP contribution in [0.4, 0.5) is 15.8 Å². The minimum atomic E-state index is -0.808. The summed E-state index contributed by atoms with van der Waals surface area (Å²) in [5, 5.41) is 3.06. The molecule has 196 valence electrons. The van der Waals surface area contributed by atoms with E-state index in [9.17, 15) is 18.8 Å². The number of halogens is 1. The summed E-state index contributed by atoms with van der Waals surface area (Å²) in [5.74, 6) is -1.58. The molecule has 2 aromatic carbocycles. The number of thiocarbonyl (C=S) groups is 1. The van der Waals surface area contributed by atoms with Crippen molar-refractivity contribution in [2.45, 2.75) is 19.4 Å². The predicted molar refractivity (Wildman–Crippen MR) is 140 cm³/mol. The molecule has 2 aliphatic rings. The SMILES string of the molecule is CCOC(=O)c1ccc(NC(=O)CC2C(=O)N(c3ccc(F)cc3)C(=S)N2CCN2CCOCC2)cc1. The zero-order valence-electron chi connectivity index (χ0n) is 20.5. The highest BCUT2D eigenvalue weighted by Gasteiger charge is 2.44. The molecule has 2 fully saturated rings. The maximum Gasteiger partial charge on any atom is 0.338 e. The van der Waals surface area contributed by atoms with Crippen LogP contribution in [0.25, 0.3) is 0 Å². The van der Waals surface area contributed by atoms with Gasteiger partial charge in [0.25, 0.3) is 5.91 Å². The van der Waals surface area contributed by atoms with E-state index in [-0.39, 0.29) is 30.0 Å². The van der Waals surface area contributed by atoms with Crippen LogP contribution in [0.2, 0.25) is 0 Å². The Balaban J connectivity index is 1.47. The van der Waals surface area contributed by atoms with Gasteiger partial charge < -0.3 is 19.7 Å². The van der Waals surface area contributed by atoms with Gasteiger partial charge in [-0.25, -0.2) is 9.18 Å². The third-order valence-corrected chi connectivity index (χ3v) is 6.64. The first-order chi connectivity index (χ1) is 17.9. The number of rotatable bonds is 9. The summed E-state index contributed by atoms with van der Waals surface area (Å²) in [4.78, 5) is 43.6. The second-order valence-corrected chi connectivity index (χ2v) is 9.01. The van der Waals surface area contributed by atoms with Gasteiger partial charge in [0.1, 0.15) is 11.9 Å². The Morgan fingerprint density at radius 2 is 1.76 bits per heavy atom. The molecule has 1 unspecified atom stereocenters. The molecule has 1 N–H and O–H groups in total. The maximum absolute atomic E-state index is 13.5. The van der Waals surface area contributed by atoms with E-state index >= 15 is 0 Å². The molecule has 0 radical (unpaired) electrons. The van der Waals surface area contributed by atoms with Crippen LogP contribution in [0, 0.1) is 5.82 Å². The van der Waals surface area contributed by atoms with Crippen LogP contribution >= 0.6 is 12.2 Å². The summed E-state index contributed by atoms with van der Waals surface area (Å²) in [5.41, 5.74) is 1.31. The van der Waals surface area contributed by atoms with Crippen molar-refractivity contribution in [2.24, 2.45) is 0 Å². The maximum atomic E-state index is 13.5. The second-order valence-electron chi connectivity index (χ2n) is 8.65. The van der Waals surface area contributed by atoms with Gasteiger partial charge in [-0.2, -0.15) is 0 Å². The molecule has 11 heteroatoms. The van der Waals surface area contributed by atoms with Crippen molar-refractivity contribution >= 4 is 46.5 Å². The number of ether oxygens (including phenoxy) is 2. The summed E-state index contributed by atoms with van der Waals surface area (Å²) in [6.07, 6.45) is -0.126. The minimum Gasteiger partial charge on any atom is -0.462 e. The van der Waals surface area contributed by atoms with Crippen LogP contribution in [0.15, 0.2) is 48.5 Å². The Morgan fingerprint density at radius 1 is 1.08 bits per heavy atom. The fraction of sp³-hybridized carbons (Fsp3) is 0.385. The molecule has 0 aliphatic carbocycles. The average Bonchev–Trinajstić information content (AvgIpc) is 3.12. The monoisotopic (exact) mass is 528 g/mol. The Bertz CT molecular complexity index is 1140. The Kier molecular flexibility index (Phi) is 8.80. The van der Waals surface area contributed by atoms with Crippen LogP contribution in [0.3, 0.4) is 0 Å². The molecule has 4 rings (SSSR count). The summed E-state index contributed by atoms with van der Waals surface area (Å²) in [6, 6.07) is 11.0. The molecule has 2 saturated heterocycles. The molecule has 2 amide bonds. The smallest absolute Gasteiger partial charge is 0.338 e. The second kappa shape index (κ2) is 12.2. The summed E-state index contributed by atoms with van der Waals surface area (Å²) in [6.45, 7) is 5.95. The fourth-order valence-electron chi connectivity index (χ4n) is 4.28. The van der Waals surface area contributed by atoms with Gasteiger partial charge in [0.15, 0.2) is 5.11 Å². The normalized spacial score (nSPS) is 18.3. The van der Waals surface area contributed by atoms with E-state index < -0.39 is 17.8 Å². The van der Waals surface area contributed by atoms with Crippen molar-refractivity contribution < 1.29 is 28.2 Å². The number of esters is 1. The van der Waals surface area contributed by atoms with Gasteiger partial charge in [-0.1, -0.05) is 0 Å². The number of nitrogens with one attached hydrogen (secondary N) is 1. The van der Waals surface area contributed by atoms with Gasteiger partial charge in [0, 0.05) is 31.9 Å². The van der Waals surface area contributed by atoms with Gasteiger partial charge in [0.05, 0.1) is 37.5 Å². The first-order valence-electron chi connectivity index (χ1n) is 12.1. The lowest BCUT2D eigenvalue weighted by Crippen LogP contribution is -2.45. The number of anilines is 2. The number of nitrogens with zero attached hydrogens (tertiary/aromatic N) is 3. The number of morpholine rings is 1. The van der Waals surface area contributed by atoms with Crippen molar-refractivity contribution in [2.75, 3.05) is 56.2 Å². The van der Waals surface area contributed by atoms with Gasteiger partial charge in [0.2, 0.25) is 5.91 Å². The van der Waals surface area contributed by atoms with Crippen molar-refractivity contribution in [1.29, 1.82) is 0 Å². The van der Waals surface area contributed by atoms with Crippen LogP contribution < -0.4 is 10.2 Å². The first kappa shape index (κ1) is 26.6. The molecule has 0 spiro atoms. The van der Waals surface area contributed by atoms with Crippen LogP contribution in [-0.4, -0.2) is 84.7 Å². The highest BCUT2D eigenvalue weighted by Crippen LogP contribution is 2.28. The molecule has 9 nitrogen and oxygen atoms in total. The minimum absolute atomic E-state index is 0.126. The van der Waals surface area contributed by atoms with E-state index in [4.69, 9.17) is 21.7 Å². The number of benzene rings is 2. The molecule has 1 atom stereocenters. The van der Waals surface area contributed by atoms with Crippen LogP contribution in [0.1, 0.15) is 23.7 Å². The van der Waals surface area contributed by atoms with E-state index in [1.54, 1.807) is 36.1 Å². The molecule has 0 aromatic heterocycles. The Hall–Kier alpha value is -3.41. The lowest BCUT2D eigenvalue weighted by Gasteiger charge is -2.30. The molecule has 0 bridgehead atoms. The van der Waals surface area contributed by atoms with E-state index in [1.165, 1.54) is 29.2 Å². The average molecular weight is 529 g/mol. The summed E-state index contributed by atoms with van der Waals surface area (Å²) < 4.78 is 23.9. The van der Waals surface area contributed by atoms with Gasteiger partial charge in [-0.15, -0.1) is 0 Å². The zero-order chi connectivity index (χ0) is 26.4. The fourth-order valence-corrected chi connectivity index (χ4v) is 4.69. The lowest BCUT2D eigenvalue weighted by molar-refractivity contribution is -0.124. The summed E-state index contributed by atoms with van der Waals surface area (Å²) >= 11 is 5.66. The molecular formula is C26H29FN4O5S. The van der Waals surface area contributed by atoms with Crippen molar-refractivity contribution in [3.05, 3.63) is 59.9 Å². The Morgan fingerprint density at radius 3 is 2.41 bits per heavy atom. The number of carbonyl (C=O) groups excluding carboxylic acids is 3. The number of amides is 2. The van der Waals surface area contributed by atoms with Gasteiger partial charge >= 0.3 is 5.97 Å². The molecule has 2 aliphatic heterocycles. The molecule has 2 heterocycles. The standard InChI is InChI=1S/C26H29FN4O5S/c1-2-36-25(34)18-3-7-20(8-4-18)28-23(32)17-22-24(33)31(21-9-5-19(27)6-10-21)26(37)30(22)12-11-29-13-15-35-16-14-29/h3-10,22H,2,11-17H2,1H3,(H,28,32). The third-order valence-electron chi connectivity index (χ3n) is 6.22. The highest BCUT2D eigenvalue weighted by molar-refractivity contribution is 7.80. The van der Waals surface area contributed by atoms with Crippen molar-refractivity contribution in [3.8, 4) is 0 Å². The van der Waals surface area contributed by atoms with Gasteiger partial charge in [-0.3, -0.25) is 19.4 Å². The predicted octanol–water partition coefficient (Wildman–Crippen LogP) is 2.67. The van der Waals surface area contributed by atoms with E-state index in [0.717, 1.165) is 13.1 Å². The van der Waals surface area contributed by atoms with Crippen LogP contribution in [0.5, 0.6) is 0 Å². The van der Waals surface area contributed by atoms with Crippen molar-refractivity contribution in [1.82, 2.24) is 9.80 Å². The number of hydrogen-bond acceptors (Lipinski definition) is 7. The molecular weight excluding hydrogens is 499 g/mol. The van der Waals surface area contributed by atoms with Gasteiger partial charge in [-0.05, 0) is 67.7 Å². The lowest BCUT2D eigenvalue weighted by atomic mass is 10.1.